The van der Waals surface area contributed by atoms with E-state index in [2.05, 4.69) is 4.94 Å². The van der Waals surface area contributed by atoms with Crippen LogP contribution in [0.15, 0.2) is 0 Å². The van der Waals surface area contributed by atoms with Gasteiger partial charge in [0.2, 0.25) is 0 Å². The van der Waals surface area contributed by atoms with Crippen LogP contribution in [0.4, 0.5) is 13.3 Å². The number of hydrogen-bond acceptors (Lipinski definition) is 2. The molecule has 0 aromatic rings. The molecule has 0 heterocycles. The van der Waals surface area contributed by atoms with Crippen molar-refractivity contribution < 1.29 is 23.0 Å². The van der Waals surface area contributed by atoms with Gasteiger partial charge in [-0.25, -0.2) is 9.74 Å². The van der Waals surface area contributed by atoms with E-state index in [0.717, 1.165) is 0 Å². The summed E-state index contributed by atoms with van der Waals surface area (Å²) in [6.45, 7) is 0. The van der Waals surface area contributed by atoms with E-state index in [4.69, 9.17) is 4.79 Å². The minimum absolute atomic E-state index is 0. The van der Waals surface area contributed by atoms with Crippen molar-refractivity contribution in [1.29, 1.82) is 0 Å². The molecule has 44 valence electrons. The van der Waals surface area contributed by atoms with Crippen molar-refractivity contribution in [2.45, 2.75) is 6.43 Å². The van der Waals surface area contributed by atoms with E-state index >= 15 is 0 Å². The molecule has 6 heteroatoms. The molecule has 0 rings (SSSR count). The third-order valence-electron chi connectivity index (χ3n) is 0.254. The van der Waals surface area contributed by atoms with Gasteiger partial charge in [-0.2, -0.15) is 8.78 Å². The van der Waals surface area contributed by atoms with Crippen molar-refractivity contribution in [3.63, 3.8) is 0 Å². The quantitative estimate of drug-likeness (QED) is 0.654. The average molecular weight is 248 g/mol. The van der Waals surface area contributed by atoms with Crippen molar-refractivity contribution >= 4 is 74.9 Å². The Bertz CT molecular complexity index is 75.7. The molecule has 0 aromatic heterocycles. The molecule has 0 bridgehead atoms. The summed E-state index contributed by atoms with van der Waals surface area (Å²) in [5, 5.41) is 0. The molecule has 0 fully saturated rings. The van der Waals surface area contributed by atoms with Gasteiger partial charge < -0.3 is 0 Å². The van der Waals surface area contributed by atoms with E-state index < -0.39 is 12.4 Å². The van der Waals surface area contributed by atoms with Crippen molar-refractivity contribution in [2.24, 2.45) is 0 Å². The van der Waals surface area contributed by atoms with Crippen molar-refractivity contribution in [1.82, 2.24) is 0 Å². The Morgan fingerprint density at radius 1 is 1.50 bits per heavy atom. The van der Waals surface area contributed by atoms with Gasteiger partial charge in [0.1, 0.15) is 0 Å². The van der Waals surface area contributed by atoms with E-state index in [0.29, 0.717) is 0 Å². The Balaban J connectivity index is 0. The Morgan fingerprint density at radius 3 is 1.88 bits per heavy atom. The zero-order valence-electron chi connectivity index (χ0n) is 3.03. The molecule has 0 unspecified atom stereocenters. The number of alkyl halides is 2. The SMILES string of the molecule is O=C(OF)C(F)F.[CsH]. The predicted molar refractivity (Wildman–Crippen MR) is 20.4 cm³/mol. The Morgan fingerprint density at radius 2 is 1.88 bits per heavy atom. The first-order valence-corrected chi connectivity index (χ1v) is 1.29. The fourth-order valence-corrected chi connectivity index (χ4v) is 0.0337. The van der Waals surface area contributed by atoms with Crippen LogP contribution >= 0.6 is 0 Å². The number of rotatable bonds is 1. The zero-order valence-corrected chi connectivity index (χ0v) is 3.03. The molecule has 0 aromatic carbocycles. The second kappa shape index (κ2) is 6.43. The van der Waals surface area contributed by atoms with Gasteiger partial charge in [-0.15, -0.1) is 0 Å². The van der Waals surface area contributed by atoms with Crippen LogP contribution in [0.25, 0.3) is 0 Å². The molecular weight excluding hydrogens is 246 g/mol. The van der Waals surface area contributed by atoms with Crippen molar-refractivity contribution in [3.05, 3.63) is 0 Å². The maximum atomic E-state index is 10.7. The van der Waals surface area contributed by atoms with Crippen LogP contribution in [0.1, 0.15) is 0 Å². The molecule has 0 aliphatic rings. The maximum absolute atomic E-state index is 10.7. The Kier molecular flexibility index (Phi) is 9.68. The molecule has 0 radical (unpaired) electrons. The average Bonchev–Trinajstić information content (AvgIpc) is 1.65. The predicted octanol–water partition coefficient (Wildman–Crippen LogP) is 0.0307. The fraction of sp³-hybridized carbons (Fsp3) is 0.500. The normalized spacial score (nSPS) is 8.00. The number of carbonyl (C=O) groups is 1. The topological polar surface area (TPSA) is 26.3 Å². The second-order valence-electron chi connectivity index (χ2n) is 0.697. The van der Waals surface area contributed by atoms with E-state index in [1.54, 1.807) is 0 Å². The van der Waals surface area contributed by atoms with Crippen LogP contribution in [-0.4, -0.2) is 81.3 Å². The molecule has 2 nitrogen and oxygen atoms in total. The molecule has 0 aliphatic carbocycles. The summed E-state index contributed by atoms with van der Waals surface area (Å²) in [6, 6.07) is 0. The summed E-state index contributed by atoms with van der Waals surface area (Å²) in [5.41, 5.74) is 0. The number of halogens is 3. The van der Waals surface area contributed by atoms with Gasteiger partial charge >= 0.3 is 81.3 Å². The molecule has 8 heavy (non-hydrogen) atoms. The van der Waals surface area contributed by atoms with Crippen LogP contribution in [0.3, 0.4) is 0 Å². The van der Waals surface area contributed by atoms with Crippen LogP contribution < -0.4 is 0 Å². The first-order chi connectivity index (χ1) is 3.18. The van der Waals surface area contributed by atoms with E-state index in [1.807, 2.05) is 0 Å². The summed E-state index contributed by atoms with van der Waals surface area (Å²) < 4.78 is 31.7. The van der Waals surface area contributed by atoms with Crippen LogP contribution in [-0.2, 0) is 9.74 Å². The van der Waals surface area contributed by atoms with Crippen molar-refractivity contribution in [3.8, 4) is 0 Å². The van der Waals surface area contributed by atoms with E-state index in [1.165, 1.54) is 0 Å². The van der Waals surface area contributed by atoms with Gasteiger partial charge in [-0.1, -0.05) is 0 Å². The third kappa shape index (κ3) is 5.45. The van der Waals surface area contributed by atoms with Gasteiger partial charge in [0.05, 0.1) is 0 Å². The molecule has 0 N–H and O–H groups in total. The van der Waals surface area contributed by atoms with Gasteiger partial charge in [0, 0.05) is 4.53 Å². The number of hydrogen-bond donors (Lipinski definition) is 0. The summed E-state index contributed by atoms with van der Waals surface area (Å²) in [6.07, 6.45) is -3.37. The van der Waals surface area contributed by atoms with Gasteiger partial charge in [-0.05, 0) is 0 Å². The summed E-state index contributed by atoms with van der Waals surface area (Å²) in [7, 11) is 0. The van der Waals surface area contributed by atoms with Crippen LogP contribution in [0.2, 0.25) is 0 Å². The molecule has 0 aliphatic heterocycles. The monoisotopic (exact) mass is 248 g/mol. The fourth-order valence-electron chi connectivity index (χ4n) is 0.0337. The Hall–Kier alpha value is 1.31. The summed E-state index contributed by atoms with van der Waals surface area (Å²) in [5.74, 6) is -2.15. The first kappa shape index (κ1) is 12.0. The first-order valence-electron chi connectivity index (χ1n) is 1.29. The zero-order chi connectivity index (χ0) is 5.86. The second-order valence-corrected chi connectivity index (χ2v) is 0.697. The molecule has 0 saturated heterocycles. The van der Waals surface area contributed by atoms with Gasteiger partial charge in [0.15, 0.2) is 0 Å². The third-order valence-corrected chi connectivity index (χ3v) is 0.254. The molecule has 0 spiro atoms. The van der Waals surface area contributed by atoms with Crippen LogP contribution in [0, 0.1) is 0 Å². The Labute approximate surface area is 102 Å². The standard InChI is InChI=1S/C2HF3O2.Cs.H/c3-1(4)2(6)7-5;;/h1H;;. The molecule has 0 amide bonds. The van der Waals surface area contributed by atoms with Gasteiger partial charge in [0.25, 0.3) is 0 Å². The molecule has 0 atom stereocenters. The minimum atomic E-state index is -3.37. The van der Waals surface area contributed by atoms with E-state index in [9.17, 15) is 13.3 Å². The summed E-state index contributed by atoms with van der Waals surface area (Å²) in [4.78, 5) is 11.3. The van der Waals surface area contributed by atoms with Crippen LogP contribution in [0.5, 0.6) is 0 Å². The summed E-state index contributed by atoms with van der Waals surface area (Å²) >= 11 is 0. The number of carbonyl (C=O) groups excluding carboxylic acids is 1. The van der Waals surface area contributed by atoms with Gasteiger partial charge in [-0.3, -0.25) is 0 Å². The van der Waals surface area contributed by atoms with Crippen molar-refractivity contribution in [2.75, 3.05) is 0 Å². The molecular formula is C2H2CsF3O2. The molecule has 0 saturated carbocycles. The van der Waals surface area contributed by atoms with E-state index in [-0.39, 0.29) is 68.9 Å².